The second-order valence-electron chi connectivity index (χ2n) is 5.54. The molecule has 0 radical (unpaired) electrons. The molecule has 1 amide bonds. The van der Waals surface area contributed by atoms with Crippen molar-refractivity contribution in [2.24, 2.45) is 0 Å². The molecule has 0 atom stereocenters. The lowest BCUT2D eigenvalue weighted by molar-refractivity contribution is -0.137. The van der Waals surface area contributed by atoms with Crippen LogP contribution >= 0.6 is 0 Å². The Bertz CT molecular complexity index is 957. The summed E-state index contributed by atoms with van der Waals surface area (Å²) in [5.41, 5.74) is 0.0843. The number of amides is 1. The second kappa shape index (κ2) is 7.45. The predicted molar refractivity (Wildman–Crippen MR) is 93.4 cm³/mol. The highest BCUT2D eigenvalue weighted by Crippen LogP contribution is 2.32. The van der Waals surface area contributed by atoms with Crippen molar-refractivity contribution in [1.82, 2.24) is 10.2 Å². The first kappa shape index (κ1) is 18.4. The average Bonchev–Trinajstić information content (AvgIpc) is 2.67. The molecule has 3 rings (SSSR count). The van der Waals surface area contributed by atoms with Crippen molar-refractivity contribution in [3.8, 4) is 17.1 Å². The highest BCUT2D eigenvalue weighted by Gasteiger charge is 2.34. The molecular weight excluding hydrogens is 359 g/mol. The van der Waals surface area contributed by atoms with Gasteiger partial charge in [0.05, 0.1) is 23.9 Å². The van der Waals surface area contributed by atoms with Gasteiger partial charge >= 0.3 is 6.18 Å². The van der Waals surface area contributed by atoms with E-state index in [2.05, 4.69) is 15.5 Å². The number of rotatable bonds is 4. The number of nitrogens with zero attached hydrogens (tertiary/aromatic N) is 2. The second-order valence-corrected chi connectivity index (χ2v) is 5.54. The molecule has 1 N–H and O–H groups in total. The SMILES string of the molecule is COc1ccc(-c2cccc(NC(=O)c3ccccc3C(F)(F)F)c2)nn1. The van der Waals surface area contributed by atoms with E-state index >= 15 is 0 Å². The van der Waals surface area contributed by atoms with Crippen molar-refractivity contribution in [2.75, 3.05) is 12.4 Å². The fraction of sp³-hybridized carbons (Fsp3) is 0.105. The van der Waals surface area contributed by atoms with Crippen molar-refractivity contribution in [2.45, 2.75) is 6.18 Å². The van der Waals surface area contributed by atoms with Gasteiger partial charge in [0.2, 0.25) is 5.88 Å². The number of carbonyl (C=O) groups excluding carboxylic acids is 1. The average molecular weight is 373 g/mol. The minimum absolute atomic E-state index is 0.340. The number of carbonyl (C=O) groups is 1. The summed E-state index contributed by atoms with van der Waals surface area (Å²) >= 11 is 0. The van der Waals surface area contributed by atoms with Gasteiger partial charge < -0.3 is 10.1 Å². The first-order valence-corrected chi connectivity index (χ1v) is 7.84. The van der Waals surface area contributed by atoms with Gasteiger partial charge in [-0.1, -0.05) is 24.3 Å². The number of methoxy groups -OCH3 is 1. The molecule has 0 fully saturated rings. The first-order chi connectivity index (χ1) is 12.9. The van der Waals surface area contributed by atoms with Crippen LogP contribution in [0, 0.1) is 0 Å². The van der Waals surface area contributed by atoms with Gasteiger partial charge in [0.1, 0.15) is 0 Å². The van der Waals surface area contributed by atoms with E-state index in [0.29, 0.717) is 22.8 Å². The molecule has 2 aromatic carbocycles. The van der Waals surface area contributed by atoms with Crippen molar-refractivity contribution in [1.29, 1.82) is 0 Å². The number of aromatic nitrogens is 2. The van der Waals surface area contributed by atoms with E-state index in [4.69, 9.17) is 4.74 Å². The number of anilines is 1. The van der Waals surface area contributed by atoms with E-state index in [-0.39, 0.29) is 0 Å². The summed E-state index contributed by atoms with van der Waals surface area (Å²) in [6, 6.07) is 14.5. The van der Waals surface area contributed by atoms with E-state index in [1.807, 2.05) is 0 Å². The van der Waals surface area contributed by atoms with Gasteiger partial charge in [-0.3, -0.25) is 4.79 Å². The van der Waals surface area contributed by atoms with Gasteiger partial charge in [-0.25, -0.2) is 0 Å². The smallest absolute Gasteiger partial charge is 0.417 e. The van der Waals surface area contributed by atoms with Gasteiger partial charge in [-0.15, -0.1) is 10.2 Å². The lowest BCUT2D eigenvalue weighted by atomic mass is 10.1. The summed E-state index contributed by atoms with van der Waals surface area (Å²) in [5.74, 6) is -0.493. The van der Waals surface area contributed by atoms with Crippen LogP contribution < -0.4 is 10.1 Å². The number of alkyl halides is 3. The molecule has 0 bridgehead atoms. The fourth-order valence-electron chi connectivity index (χ4n) is 2.47. The zero-order valence-corrected chi connectivity index (χ0v) is 14.1. The van der Waals surface area contributed by atoms with Crippen LogP contribution in [-0.4, -0.2) is 23.2 Å². The molecule has 5 nitrogen and oxygen atoms in total. The van der Waals surface area contributed by atoms with Crippen LogP contribution in [0.5, 0.6) is 5.88 Å². The van der Waals surface area contributed by atoms with Crippen LogP contribution in [0.2, 0.25) is 0 Å². The normalized spacial score (nSPS) is 11.1. The minimum atomic E-state index is -4.62. The van der Waals surface area contributed by atoms with Crippen molar-refractivity contribution in [3.63, 3.8) is 0 Å². The van der Waals surface area contributed by atoms with Crippen LogP contribution in [0.25, 0.3) is 11.3 Å². The maximum Gasteiger partial charge on any atom is 0.417 e. The summed E-state index contributed by atoms with van der Waals surface area (Å²) in [6.07, 6.45) is -4.62. The number of halogens is 3. The lowest BCUT2D eigenvalue weighted by Crippen LogP contribution is -2.18. The Labute approximate surface area is 152 Å². The topological polar surface area (TPSA) is 64.1 Å². The van der Waals surface area contributed by atoms with E-state index < -0.39 is 23.2 Å². The van der Waals surface area contributed by atoms with Crippen LogP contribution in [0.1, 0.15) is 15.9 Å². The van der Waals surface area contributed by atoms with Gasteiger partial charge in [0.15, 0.2) is 0 Å². The first-order valence-electron chi connectivity index (χ1n) is 7.84. The molecule has 0 aliphatic rings. The molecule has 0 unspecified atom stereocenters. The quantitative estimate of drug-likeness (QED) is 0.735. The summed E-state index contributed by atoms with van der Waals surface area (Å²) in [5, 5.41) is 10.4. The zero-order valence-electron chi connectivity index (χ0n) is 14.1. The Balaban J connectivity index is 1.85. The van der Waals surface area contributed by atoms with E-state index in [1.54, 1.807) is 36.4 Å². The van der Waals surface area contributed by atoms with Crippen molar-refractivity contribution >= 4 is 11.6 Å². The Kier molecular flexibility index (Phi) is 5.07. The molecule has 0 aliphatic carbocycles. The van der Waals surface area contributed by atoms with Crippen molar-refractivity contribution < 1.29 is 22.7 Å². The Morgan fingerprint density at radius 1 is 1.00 bits per heavy atom. The lowest BCUT2D eigenvalue weighted by Gasteiger charge is -2.13. The van der Waals surface area contributed by atoms with Crippen molar-refractivity contribution in [3.05, 3.63) is 71.8 Å². The molecule has 8 heteroatoms. The molecular formula is C19H14F3N3O2. The van der Waals surface area contributed by atoms with Gasteiger partial charge in [-0.05, 0) is 30.3 Å². The zero-order chi connectivity index (χ0) is 19.4. The summed E-state index contributed by atoms with van der Waals surface area (Å²) in [4.78, 5) is 12.4. The van der Waals surface area contributed by atoms with Gasteiger partial charge in [0, 0.05) is 17.3 Å². The molecule has 3 aromatic rings. The van der Waals surface area contributed by atoms with Gasteiger partial charge in [-0.2, -0.15) is 13.2 Å². The van der Waals surface area contributed by atoms with Gasteiger partial charge in [0.25, 0.3) is 5.91 Å². The maximum atomic E-state index is 13.1. The Morgan fingerprint density at radius 3 is 2.44 bits per heavy atom. The maximum absolute atomic E-state index is 13.1. The van der Waals surface area contributed by atoms with E-state index in [9.17, 15) is 18.0 Å². The molecule has 138 valence electrons. The summed E-state index contributed by atoms with van der Waals surface area (Å²) in [7, 11) is 1.47. The third-order valence-corrected chi connectivity index (χ3v) is 3.74. The molecule has 0 aliphatic heterocycles. The number of hydrogen-bond donors (Lipinski definition) is 1. The molecule has 1 heterocycles. The third-order valence-electron chi connectivity index (χ3n) is 3.74. The summed E-state index contributed by atoms with van der Waals surface area (Å²) in [6.45, 7) is 0. The molecule has 27 heavy (non-hydrogen) atoms. The minimum Gasteiger partial charge on any atom is -0.480 e. The number of nitrogens with one attached hydrogen (secondary N) is 1. The standard InChI is InChI=1S/C19H14F3N3O2/c1-27-17-10-9-16(24-25-17)12-5-4-6-13(11-12)23-18(26)14-7-2-3-8-15(14)19(20,21)22/h2-11H,1H3,(H,23,26). The fourth-order valence-corrected chi connectivity index (χ4v) is 2.47. The van der Waals surface area contributed by atoms with E-state index in [0.717, 1.165) is 12.1 Å². The highest BCUT2D eigenvalue weighted by atomic mass is 19.4. The van der Waals surface area contributed by atoms with Crippen LogP contribution in [0.4, 0.5) is 18.9 Å². The van der Waals surface area contributed by atoms with Crippen LogP contribution in [-0.2, 0) is 6.18 Å². The predicted octanol–water partition coefficient (Wildman–Crippen LogP) is 4.42. The molecule has 1 aromatic heterocycles. The molecule has 0 saturated heterocycles. The van der Waals surface area contributed by atoms with E-state index in [1.165, 1.54) is 19.2 Å². The summed E-state index contributed by atoms with van der Waals surface area (Å²) < 4.78 is 44.2. The third kappa shape index (κ3) is 4.22. The number of benzene rings is 2. The Morgan fingerprint density at radius 2 is 1.78 bits per heavy atom. The number of ether oxygens (including phenoxy) is 1. The van der Waals surface area contributed by atoms with Crippen LogP contribution in [0.15, 0.2) is 60.7 Å². The largest absolute Gasteiger partial charge is 0.480 e. The number of hydrogen-bond acceptors (Lipinski definition) is 4. The molecule has 0 saturated carbocycles. The Hall–Kier alpha value is -3.42. The highest BCUT2D eigenvalue weighted by molar-refractivity contribution is 6.05. The monoisotopic (exact) mass is 373 g/mol. The molecule has 0 spiro atoms. The van der Waals surface area contributed by atoms with Crippen LogP contribution in [0.3, 0.4) is 0 Å².